The van der Waals surface area contributed by atoms with E-state index in [2.05, 4.69) is 17.9 Å². The van der Waals surface area contributed by atoms with E-state index in [9.17, 15) is 18.0 Å². The number of carbonyl (C=O) groups is 1. The van der Waals surface area contributed by atoms with E-state index in [0.717, 1.165) is 79.1 Å². The fraction of sp³-hybridized carbons (Fsp3) is 0.559. The van der Waals surface area contributed by atoms with E-state index < -0.39 is 11.7 Å². The molecule has 2 aromatic carbocycles. The highest BCUT2D eigenvalue weighted by Crippen LogP contribution is 2.47. The van der Waals surface area contributed by atoms with E-state index in [1.165, 1.54) is 56.0 Å². The maximum atomic E-state index is 13.5. The molecule has 0 aromatic heterocycles. The van der Waals surface area contributed by atoms with Crippen LogP contribution in [0.3, 0.4) is 0 Å². The summed E-state index contributed by atoms with van der Waals surface area (Å²) in [6.07, 6.45) is 10.7. The van der Waals surface area contributed by atoms with Gasteiger partial charge in [-0.05, 0) is 92.1 Å². The van der Waals surface area contributed by atoms with E-state index in [-0.39, 0.29) is 5.97 Å². The van der Waals surface area contributed by atoms with Crippen LogP contribution in [0.15, 0.2) is 58.3 Å². The van der Waals surface area contributed by atoms with Gasteiger partial charge in [0.1, 0.15) is 6.61 Å². The van der Waals surface area contributed by atoms with Crippen molar-refractivity contribution in [1.82, 2.24) is 4.90 Å². The van der Waals surface area contributed by atoms with Gasteiger partial charge in [-0.3, -0.25) is 9.69 Å². The Morgan fingerprint density at radius 1 is 0.976 bits per heavy atom. The van der Waals surface area contributed by atoms with Crippen molar-refractivity contribution in [3.05, 3.63) is 65.2 Å². The van der Waals surface area contributed by atoms with Crippen molar-refractivity contribution in [2.45, 2.75) is 99.9 Å². The SMILES string of the molecule is CCCCCCCCCC(=O)OCCN1CCC(CC/C=C2/c3ccccc3Sc3ccc(C(F)(F)F)cc32)CC1. The number of allylic oxidation sites excluding steroid dienone is 1. The summed E-state index contributed by atoms with van der Waals surface area (Å²) in [5, 5.41) is 0. The first kappa shape index (κ1) is 31.7. The fourth-order valence-electron chi connectivity index (χ4n) is 5.82. The van der Waals surface area contributed by atoms with Crippen molar-refractivity contribution in [2.75, 3.05) is 26.2 Å². The van der Waals surface area contributed by atoms with Crippen molar-refractivity contribution in [3.8, 4) is 0 Å². The molecule has 0 atom stereocenters. The van der Waals surface area contributed by atoms with Crippen LogP contribution in [0.25, 0.3) is 5.57 Å². The highest BCUT2D eigenvalue weighted by atomic mass is 32.2. The molecule has 3 nitrogen and oxygen atoms in total. The van der Waals surface area contributed by atoms with Gasteiger partial charge in [-0.25, -0.2) is 0 Å². The van der Waals surface area contributed by atoms with E-state index in [1.54, 1.807) is 6.07 Å². The Morgan fingerprint density at radius 2 is 1.68 bits per heavy atom. The molecule has 2 aliphatic rings. The standard InChI is InChI=1S/C34H44F3NO2S/c1-2-3-4-5-6-7-8-16-33(39)40-24-23-38-21-19-26(20-22-38)12-11-14-28-29-13-9-10-15-31(29)41-32-18-17-27(25-30(28)32)34(35,36)37/h9-10,13-15,17-18,25-26H,2-8,11-12,16,19-24H2,1H3/b28-14-. The number of fused-ring (bicyclic) bond motifs is 2. The average molecular weight is 588 g/mol. The van der Waals surface area contributed by atoms with Crippen LogP contribution in [0.5, 0.6) is 0 Å². The summed E-state index contributed by atoms with van der Waals surface area (Å²) in [5.41, 5.74) is 2.01. The lowest BCUT2D eigenvalue weighted by atomic mass is 9.90. The quantitative estimate of drug-likeness (QED) is 0.139. The van der Waals surface area contributed by atoms with Crippen LogP contribution >= 0.6 is 11.8 Å². The molecule has 0 amide bonds. The molecule has 0 radical (unpaired) electrons. The molecule has 224 valence electrons. The van der Waals surface area contributed by atoms with Crippen LogP contribution in [-0.2, 0) is 15.7 Å². The summed E-state index contributed by atoms with van der Waals surface area (Å²) >= 11 is 1.54. The van der Waals surface area contributed by atoms with Crippen LogP contribution in [0.4, 0.5) is 13.2 Å². The second-order valence-corrected chi connectivity index (χ2v) is 12.5. The number of carbonyl (C=O) groups excluding carboxylic acids is 1. The lowest BCUT2D eigenvalue weighted by molar-refractivity contribution is -0.144. The maximum absolute atomic E-state index is 13.5. The summed E-state index contributed by atoms with van der Waals surface area (Å²) in [6, 6.07) is 12.1. The lowest BCUT2D eigenvalue weighted by Gasteiger charge is -2.31. The fourth-order valence-corrected chi connectivity index (χ4v) is 6.90. The predicted molar refractivity (Wildman–Crippen MR) is 161 cm³/mol. The van der Waals surface area contributed by atoms with Crippen LogP contribution in [-0.4, -0.2) is 37.1 Å². The summed E-state index contributed by atoms with van der Waals surface area (Å²) in [7, 11) is 0. The molecule has 0 spiro atoms. The largest absolute Gasteiger partial charge is 0.464 e. The zero-order valence-corrected chi connectivity index (χ0v) is 25.1. The third-order valence-electron chi connectivity index (χ3n) is 8.28. The Labute approximate surface area is 247 Å². The first-order valence-corrected chi connectivity index (χ1v) is 16.2. The molecule has 0 unspecified atom stereocenters. The van der Waals surface area contributed by atoms with Crippen molar-refractivity contribution in [3.63, 3.8) is 0 Å². The molecule has 0 saturated carbocycles. The van der Waals surface area contributed by atoms with Crippen LogP contribution in [0.2, 0.25) is 0 Å². The lowest BCUT2D eigenvalue weighted by Crippen LogP contribution is -2.36. The molecule has 1 saturated heterocycles. The van der Waals surface area contributed by atoms with Gasteiger partial charge in [0.05, 0.1) is 5.56 Å². The molecule has 1 fully saturated rings. The highest BCUT2D eigenvalue weighted by Gasteiger charge is 2.32. The third kappa shape index (κ3) is 9.64. The molecule has 4 rings (SSSR count). The highest BCUT2D eigenvalue weighted by molar-refractivity contribution is 7.99. The van der Waals surface area contributed by atoms with Gasteiger partial charge >= 0.3 is 12.1 Å². The molecule has 2 aliphatic heterocycles. The average Bonchev–Trinajstić information content (AvgIpc) is 2.96. The minimum atomic E-state index is -4.36. The second-order valence-electron chi connectivity index (χ2n) is 11.4. The Balaban J connectivity index is 1.20. The Kier molecular flexibility index (Phi) is 12.2. The van der Waals surface area contributed by atoms with E-state index in [1.807, 2.05) is 24.3 Å². The first-order chi connectivity index (χ1) is 19.8. The molecule has 41 heavy (non-hydrogen) atoms. The molecule has 2 heterocycles. The molecule has 7 heteroatoms. The number of likely N-dealkylation sites (tertiary alicyclic amines) is 1. The minimum Gasteiger partial charge on any atom is -0.464 e. The number of ether oxygens (including phenoxy) is 1. The molecule has 0 aliphatic carbocycles. The number of hydrogen-bond donors (Lipinski definition) is 0. The molecule has 0 N–H and O–H groups in total. The molecule has 2 aromatic rings. The number of halogens is 3. The summed E-state index contributed by atoms with van der Waals surface area (Å²) in [4.78, 5) is 16.4. The second kappa shape index (κ2) is 15.8. The number of benzene rings is 2. The summed E-state index contributed by atoms with van der Waals surface area (Å²) in [6.45, 7) is 5.45. The van der Waals surface area contributed by atoms with Crippen LogP contribution < -0.4 is 0 Å². The van der Waals surface area contributed by atoms with Gasteiger partial charge < -0.3 is 4.74 Å². The Bertz CT molecular complexity index is 1150. The third-order valence-corrected chi connectivity index (χ3v) is 9.43. The van der Waals surface area contributed by atoms with Crippen LogP contribution in [0, 0.1) is 5.92 Å². The number of rotatable bonds is 14. The Morgan fingerprint density at radius 3 is 2.44 bits per heavy atom. The zero-order valence-electron chi connectivity index (χ0n) is 24.3. The number of unbranched alkanes of at least 4 members (excludes halogenated alkanes) is 6. The predicted octanol–water partition coefficient (Wildman–Crippen LogP) is 9.78. The number of alkyl halides is 3. The molecular weight excluding hydrogens is 543 g/mol. The monoisotopic (exact) mass is 587 g/mol. The topological polar surface area (TPSA) is 29.5 Å². The normalized spacial score (nSPS) is 16.9. The first-order valence-electron chi connectivity index (χ1n) is 15.4. The number of nitrogens with zero attached hydrogens (tertiary/aromatic N) is 1. The molecule has 0 bridgehead atoms. The number of piperidine rings is 1. The van der Waals surface area contributed by atoms with Crippen molar-refractivity contribution in [2.24, 2.45) is 5.92 Å². The van der Waals surface area contributed by atoms with Gasteiger partial charge in [0.15, 0.2) is 0 Å². The summed E-state index contributed by atoms with van der Waals surface area (Å²) in [5.74, 6) is 0.519. The van der Waals surface area contributed by atoms with E-state index in [0.29, 0.717) is 24.5 Å². The van der Waals surface area contributed by atoms with Crippen molar-refractivity contribution < 1.29 is 22.7 Å². The van der Waals surface area contributed by atoms with Gasteiger partial charge in [0, 0.05) is 22.8 Å². The van der Waals surface area contributed by atoms with Gasteiger partial charge in [0.2, 0.25) is 0 Å². The smallest absolute Gasteiger partial charge is 0.416 e. The maximum Gasteiger partial charge on any atom is 0.416 e. The zero-order chi connectivity index (χ0) is 29.1. The van der Waals surface area contributed by atoms with Crippen molar-refractivity contribution in [1.29, 1.82) is 0 Å². The van der Waals surface area contributed by atoms with Gasteiger partial charge in [-0.2, -0.15) is 13.2 Å². The van der Waals surface area contributed by atoms with Gasteiger partial charge in [-0.1, -0.05) is 81.5 Å². The van der Waals surface area contributed by atoms with Gasteiger partial charge in [-0.15, -0.1) is 0 Å². The number of hydrogen-bond acceptors (Lipinski definition) is 4. The van der Waals surface area contributed by atoms with Crippen molar-refractivity contribution >= 4 is 23.3 Å². The van der Waals surface area contributed by atoms with E-state index in [4.69, 9.17) is 4.74 Å². The Hall–Kier alpha value is -2.25. The van der Waals surface area contributed by atoms with Gasteiger partial charge in [0.25, 0.3) is 0 Å². The number of esters is 1. The van der Waals surface area contributed by atoms with Crippen LogP contribution in [0.1, 0.15) is 101 Å². The van der Waals surface area contributed by atoms with E-state index >= 15 is 0 Å². The summed E-state index contributed by atoms with van der Waals surface area (Å²) < 4.78 is 45.9. The minimum absolute atomic E-state index is 0.0758. The molecular formula is C34H44F3NO2S.